The van der Waals surface area contributed by atoms with Crippen LogP contribution in [0.2, 0.25) is 5.02 Å². The highest BCUT2D eigenvalue weighted by Crippen LogP contribution is 2.24. The van der Waals surface area contributed by atoms with Gasteiger partial charge in [-0.05, 0) is 48.4 Å². The van der Waals surface area contributed by atoms with Crippen LogP contribution < -0.4 is 20.6 Å². The highest BCUT2D eigenvalue weighted by molar-refractivity contribution is 6.39. The lowest BCUT2D eigenvalue weighted by Gasteiger charge is -2.08. The summed E-state index contributed by atoms with van der Waals surface area (Å²) in [7, 11) is 0. The van der Waals surface area contributed by atoms with Gasteiger partial charge < -0.3 is 20.0 Å². The van der Waals surface area contributed by atoms with E-state index in [2.05, 4.69) is 15.8 Å². The highest BCUT2D eigenvalue weighted by atomic mass is 35.5. The number of carbonyl (C=O) groups is 3. The second-order valence-corrected chi connectivity index (χ2v) is 5.78. The summed E-state index contributed by atoms with van der Waals surface area (Å²) in [6.45, 7) is 1.24. The molecule has 2 amide bonds. The predicted molar refractivity (Wildman–Crippen MR) is 97.5 cm³/mol. The summed E-state index contributed by atoms with van der Waals surface area (Å²) in [5, 5.41) is 16.7. The number of aryl methyl sites for hydroxylation is 1. The Morgan fingerprint density at radius 3 is 2.63 bits per heavy atom. The van der Waals surface area contributed by atoms with Crippen molar-refractivity contribution in [1.82, 2.24) is 5.43 Å². The number of hydrogen-bond acceptors (Lipinski definition) is 6. The average Bonchev–Trinajstić information content (AvgIpc) is 2.60. The van der Waals surface area contributed by atoms with E-state index in [1.807, 2.05) is 13.0 Å². The van der Waals surface area contributed by atoms with E-state index in [9.17, 15) is 19.5 Å². The number of nitrogens with zero attached hydrogens (tertiary/aromatic N) is 1. The Balaban J connectivity index is 1.90. The highest BCUT2D eigenvalue weighted by Gasteiger charge is 2.12. The lowest BCUT2D eigenvalue weighted by Crippen LogP contribution is -2.32. The van der Waals surface area contributed by atoms with Crippen LogP contribution in [0.5, 0.6) is 5.75 Å². The van der Waals surface area contributed by atoms with Gasteiger partial charge >= 0.3 is 11.8 Å². The van der Waals surface area contributed by atoms with E-state index in [0.29, 0.717) is 11.3 Å². The first-order valence-electron chi connectivity index (χ1n) is 7.68. The molecule has 0 atom stereocenters. The Kier molecular flexibility index (Phi) is 6.90. The summed E-state index contributed by atoms with van der Waals surface area (Å²) >= 11 is 5.96. The van der Waals surface area contributed by atoms with Gasteiger partial charge in [0.05, 0.1) is 17.2 Å². The Hall–Kier alpha value is -3.39. The molecule has 2 rings (SSSR count). The van der Waals surface area contributed by atoms with E-state index in [1.54, 1.807) is 24.3 Å². The minimum atomic E-state index is -1.37. The molecule has 2 aromatic rings. The van der Waals surface area contributed by atoms with Gasteiger partial charge in [-0.2, -0.15) is 5.10 Å². The average molecular weight is 389 g/mol. The third kappa shape index (κ3) is 6.44. The number of hydrazone groups is 1. The number of anilines is 1. The molecule has 0 aromatic heterocycles. The molecule has 2 N–H and O–H groups in total. The number of carboxylic acid groups (broad SMARTS) is 1. The van der Waals surface area contributed by atoms with Gasteiger partial charge in [-0.3, -0.25) is 9.59 Å². The number of carbonyl (C=O) groups excluding carboxylic acids is 3. The number of benzene rings is 2. The lowest BCUT2D eigenvalue weighted by molar-refractivity contribution is -0.307. The Morgan fingerprint density at radius 2 is 1.96 bits per heavy atom. The molecule has 0 bridgehead atoms. The molecule has 8 nitrogen and oxygen atoms in total. The molecule has 140 valence electrons. The van der Waals surface area contributed by atoms with Crippen LogP contribution >= 0.6 is 11.6 Å². The molecule has 0 saturated heterocycles. The zero-order valence-corrected chi connectivity index (χ0v) is 14.9. The Labute approximate surface area is 159 Å². The van der Waals surface area contributed by atoms with Gasteiger partial charge in [0.15, 0.2) is 0 Å². The first kappa shape index (κ1) is 19.9. The molecular weight excluding hydrogens is 374 g/mol. The molecule has 0 aliphatic carbocycles. The lowest BCUT2D eigenvalue weighted by atomic mass is 10.2. The van der Waals surface area contributed by atoms with Crippen molar-refractivity contribution in [2.75, 3.05) is 11.9 Å². The van der Waals surface area contributed by atoms with Crippen molar-refractivity contribution in [1.29, 1.82) is 0 Å². The van der Waals surface area contributed by atoms with Crippen LogP contribution in [-0.2, 0) is 14.4 Å². The fraction of sp³-hybridized carbons (Fsp3) is 0.111. The van der Waals surface area contributed by atoms with E-state index < -0.39 is 24.4 Å². The summed E-state index contributed by atoms with van der Waals surface area (Å²) in [5.41, 5.74) is 4.04. The first-order chi connectivity index (χ1) is 12.8. The second kappa shape index (κ2) is 9.35. The summed E-state index contributed by atoms with van der Waals surface area (Å²) in [5.74, 6) is -3.00. The standard InChI is InChI=1S/C18H16ClN3O5/c1-11-3-2-4-13(7-11)21-17(25)18(26)22-20-9-12-5-6-15(14(19)8-12)27-10-16(23)24/h2-9H,10H2,1H3,(H,21,25)(H,22,26)(H,23,24)/p-1/b20-9-. The summed E-state index contributed by atoms with van der Waals surface area (Å²) in [4.78, 5) is 33.9. The quantitative estimate of drug-likeness (QED) is 0.432. The maximum absolute atomic E-state index is 11.8. The van der Waals surface area contributed by atoms with Crippen LogP contribution in [0.3, 0.4) is 0 Å². The number of rotatable bonds is 6. The van der Waals surface area contributed by atoms with E-state index in [0.717, 1.165) is 5.56 Å². The monoisotopic (exact) mass is 388 g/mol. The largest absolute Gasteiger partial charge is 0.546 e. The topological polar surface area (TPSA) is 120 Å². The minimum absolute atomic E-state index is 0.156. The van der Waals surface area contributed by atoms with Gasteiger partial charge in [-0.15, -0.1) is 0 Å². The molecule has 9 heteroatoms. The summed E-state index contributed by atoms with van der Waals surface area (Å²) < 4.78 is 4.93. The number of hydrogen-bond donors (Lipinski definition) is 2. The number of aliphatic carboxylic acids is 1. The molecule has 0 aliphatic heterocycles. The van der Waals surface area contributed by atoms with E-state index in [1.165, 1.54) is 18.3 Å². The van der Waals surface area contributed by atoms with Crippen molar-refractivity contribution in [3.05, 3.63) is 58.6 Å². The molecule has 0 fully saturated rings. The minimum Gasteiger partial charge on any atom is -0.546 e. The van der Waals surface area contributed by atoms with Crippen molar-refractivity contribution in [3.63, 3.8) is 0 Å². The Bertz CT molecular complexity index is 898. The molecule has 27 heavy (non-hydrogen) atoms. The van der Waals surface area contributed by atoms with Crippen molar-refractivity contribution in [2.24, 2.45) is 5.10 Å². The predicted octanol–water partition coefficient (Wildman–Crippen LogP) is 0.866. The molecule has 0 saturated carbocycles. The van der Waals surface area contributed by atoms with E-state index in [-0.39, 0.29) is 10.8 Å². The smallest absolute Gasteiger partial charge is 0.329 e. The van der Waals surface area contributed by atoms with Crippen LogP contribution in [0.15, 0.2) is 47.6 Å². The van der Waals surface area contributed by atoms with Crippen molar-refractivity contribution < 1.29 is 24.2 Å². The van der Waals surface area contributed by atoms with E-state index >= 15 is 0 Å². The zero-order valence-electron chi connectivity index (χ0n) is 14.2. The second-order valence-electron chi connectivity index (χ2n) is 5.37. The van der Waals surface area contributed by atoms with Crippen molar-refractivity contribution in [3.8, 4) is 5.75 Å². The number of carboxylic acids is 1. The summed E-state index contributed by atoms with van der Waals surface area (Å²) in [6, 6.07) is 11.4. The van der Waals surface area contributed by atoms with Crippen LogP contribution in [0.1, 0.15) is 11.1 Å². The van der Waals surface area contributed by atoms with Crippen LogP contribution in [0.4, 0.5) is 5.69 Å². The van der Waals surface area contributed by atoms with Gasteiger partial charge in [0.2, 0.25) is 0 Å². The van der Waals surface area contributed by atoms with Gasteiger partial charge in [0, 0.05) is 5.69 Å². The van der Waals surface area contributed by atoms with Gasteiger partial charge in [0.25, 0.3) is 0 Å². The van der Waals surface area contributed by atoms with Crippen LogP contribution in [0, 0.1) is 6.92 Å². The fourth-order valence-corrected chi connectivity index (χ4v) is 2.22. The third-order valence-electron chi connectivity index (χ3n) is 3.16. The third-order valence-corrected chi connectivity index (χ3v) is 3.46. The maximum Gasteiger partial charge on any atom is 0.329 e. The SMILES string of the molecule is Cc1cccc(NC(=O)C(=O)N/N=C\c2ccc(OCC(=O)[O-])c(Cl)c2)c1. The number of amides is 2. The normalized spacial score (nSPS) is 10.4. The zero-order chi connectivity index (χ0) is 19.8. The molecule has 0 spiro atoms. The van der Waals surface area contributed by atoms with Crippen LogP contribution in [-0.4, -0.2) is 30.6 Å². The molecule has 0 unspecified atom stereocenters. The van der Waals surface area contributed by atoms with Crippen molar-refractivity contribution >= 4 is 41.3 Å². The van der Waals surface area contributed by atoms with Gasteiger partial charge in [-0.1, -0.05) is 23.7 Å². The molecule has 2 aromatic carbocycles. The summed E-state index contributed by atoms with van der Waals surface area (Å²) in [6.07, 6.45) is 1.27. The number of nitrogens with one attached hydrogen (secondary N) is 2. The first-order valence-corrected chi connectivity index (χ1v) is 8.06. The Morgan fingerprint density at radius 1 is 1.19 bits per heavy atom. The molecular formula is C18H15ClN3O5-. The molecule has 0 heterocycles. The van der Waals surface area contributed by atoms with Crippen LogP contribution in [0.25, 0.3) is 0 Å². The van der Waals surface area contributed by atoms with Gasteiger partial charge in [0.1, 0.15) is 12.4 Å². The maximum atomic E-state index is 11.8. The number of ether oxygens (including phenoxy) is 1. The van der Waals surface area contributed by atoms with Crippen molar-refractivity contribution in [2.45, 2.75) is 6.92 Å². The number of halogens is 1. The van der Waals surface area contributed by atoms with Gasteiger partial charge in [-0.25, -0.2) is 5.43 Å². The molecule has 0 radical (unpaired) electrons. The van der Waals surface area contributed by atoms with E-state index in [4.69, 9.17) is 16.3 Å². The fourth-order valence-electron chi connectivity index (χ4n) is 1.98. The molecule has 0 aliphatic rings.